The first-order chi connectivity index (χ1) is 12.3. The zero-order valence-electron chi connectivity index (χ0n) is 16.1. The second-order valence-corrected chi connectivity index (χ2v) is 9.04. The minimum atomic E-state index is -0.574. The van der Waals surface area contributed by atoms with Crippen molar-refractivity contribution in [3.63, 3.8) is 0 Å². The lowest BCUT2D eigenvalue weighted by Gasteiger charge is -2.26. The van der Waals surface area contributed by atoms with Crippen molar-refractivity contribution in [3.05, 3.63) is 26.6 Å². The molecule has 0 radical (unpaired) electrons. The van der Waals surface area contributed by atoms with E-state index in [2.05, 4.69) is 14.9 Å². The number of hydrogen-bond donors (Lipinski definition) is 2. The van der Waals surface area contributed by atoms with Crippen molar-refractivity contribution < 1.29 is 9.84 Å². The van der Waals surface area contributed by atoms with Gasteiger partial charge in [0, 0.05) is 11.4 Å². The third kappa shape index (κ3) is 4.52. The molecular formula is C19H29N3O3S. The molecule has 2 N–H and O–H groups in total. The number of hydrogen-bond acceptors (Lipinski definition) is 6. The van der Waals surface area contributed by atoms with Crippen molar-refractivity contribution in [3.8, 4) is 0 Å². The molecule has 0 unspecified atom stereocenters. The third-order valence-corrected chi connectivity index (χ3v) is 5.81. The van der Waals surface area contributed by atoms with Crippen LogP contribution in [0.5, 0.6) is 0 Å². The Labute approximate surface area is 158 Å². The van der Waals surface area contributed by atoms with E-state index in [9.17, 15) is 9.90 Å². The van der Waals surface area contributed by atoms with Gasteiger partial charge in [-0.2, -0.15) is 0 Å². The minimum Gasteiger partial charge on any atom is -0.389 e. The molecule has 1 aliphatic carbocycles. The molecule has 0 aliphatic heterocycles. The summed E-state index contributed by atoms with van der Waals surface area (Å²) in [6.07, 6.45) is 2.61. The number of likely N-dealkylation sites (N-methyl/N-ethyl adjacent to an activating group) is 1. The number of aliphatic hydroxyl groups excluding tert-OH is 1. The molecule has 144 valence electrons. The average molecular weight is 380 g/mol. The third-order valence-electron chi connectivity index (χ3n) is 4.62. The van der Waals surface area contributed by atoms with Gasteiger partial charge in [-0.1, -0.05) is 6.92 Å². The Morgan fingerprint density at radius 3 is 2.85 bits per heavy atom. The van der Waals surface area contributed by atoms with Gasteiger partial charge in [-0.25, -0.2) is 4.98 Å². The molecular weight excluding hydrogens is 350 g/mol. The summed E-state index contributed by atoms with van der Waals surface area (Å²) in [6.45, 7) is 9.99. The molecule has 0 bridgehead atoms. The molecule has 2 aromatic heterocycles. The number of aryl methyl sites for hydroxylation is 2. The highest BCUT2D eigenvalue weighted by Crippen LogP contribution is 2.34. The number of rotatable bonds is 7. The van der Waals surface area contributed by atoms with E-state index in [1.165, 1.54) is 10.4 Å². The fourth-order valence-electron chi connectivity index (χ4n) is 3.34. The number of aromatic amines is 1. The van der Waals surface area contributed by atoms with Crippen LogP contribution in [0.1, 0.15) is 50.4 Å². The lowest BCUT2D eigenvalue weighted by atomic mass is 10.2. The summed E-state index contributed by atoms with van der Waals surface area (Å²) < 4.78 is 5.65. The molecule has 26 heavy (non-hydrogen) atoms. The van der Waals surface area contributed by atoms with Crippen LogP contribution in [0, 0.1) is 0 Å². The van der Waals surface area contributed by atoms with Crippen LogP contribution < -0.4 is 5.56 Å². The Hall–Kier alpha value is -1.28. The largest absolute Gasteiger partial charge is 0.389 e. The summed E-state index contributed by atoms with van der Waals surface area (Å²) >= 11 is 1.66. The predicted molar refractivity (Wildman–Crippen MR) is 105 cm³/mol. The summed E-state index contributed by atoms with van der Waals surface area (Å²) in [5.74, 6) is 0.660. The maximum Gasteiger partial charge on any atom is 0.259 e. The number of ether oxygens (including phenoxy) is 1. The van der Waals surface area contributed by atoms with Gasteiger partial charge in [0.2, 0.25) is 0 Å². The van der Waals surface area contributed by atoms with Crippen LogP contribution >= 0.6 is 11.3 Å². The number of thiophene rings is 1. The normalized spacial score (nSPS) is 15.8. The number of aliphatic hydroxyl groups is 1. The standard InChI is InChI=1S/C19H29N3O3S/c1-5-22(9-12(23)11-25-19(2,3)4)10-15-20-17(24)16-13-7-6-8-14(13)26-18(16)21-15/h12,23H,5-11H2,1-4H3,(H,20,21,24)/t12-/m1/s1. The highest BCUT2D eigenvalue weighted by atomic mass is 32.1. The van der Waals surface area contributed by atoms with Gasteiger partial charge in [0.05, 0.1) is 30.2 Å². The molecule has 1 aliphatic rings. The van der Waals surface area contributed by atoms with Crippen LogP contribution in [0.25, 0.3) is 10.2 Å². The van der Waals surface area contributed by atoms with E-state index in [-0.39, 0.29) is 11.2 Å². The number of aromatic nitrogens is 2. The fourth-order valence-corrected chi connectivity index (χ4v) is 4.62. The molecule has 0 spiro atoms. The van der Waals surface area contributed by atoms with Gasteiger partial charge in [0.25, 0.3) is 5.56 Å². The monoisotopic (exact) mass is 379 g/mol. The van der Waals surface area contributed by atoms with Gasteiger partial charge in [-0.3, -0.25) is 9.69 Å². The van der Waals surface area contributed by atoms with Crippen LogP contribution in [0.2, 0.25) is 0 Å². The van der Waals surface area contributed by atoms with Gasteiger partial charge < -0.3 is 14.8 Å². The summed E-state index contributed by atoms with van der Waals surface area (Å²) in [5.41, 5.74) is 0.902. The van der Waals surface area contributed by atoms with Crippen LogP contribution in [0.4, 0.5) is 0 Å². The molecule has 1 atom stereocenters. The van der Waals surface area contributed by atoms with Crippen molar-refractivity contribution in [1.82, 2.24) is 14.9 Å². The smallest absolute Gasteiger partial charge is 0.259 e. The SMILES string of the molecule is CCN(Cc1nc2sc3c(c2c(=O)[nH]1)CCC3)C[C@@H](O)COC(C)(C)C. The topological polar surface area (TPSA) is 78.5 Å². The molecule has 3 rings (SSSR count). The van der Waals surface area contributed by atoms with Crippen LogP contribution in [0.3, 0.4) is 0 Å². The van der Waals surface area contributed by atoms with Gasteiger partial charge in [0.15, 0.2) is 0 Å². The quantitative estimate of drug-likeness (QED) is 0.773. The van der Waals surface area contributed by atoms with E-state index in [0.29, 0.717) is 25.5 Å². The van der Waals surface area contributed by atoms with Gasteiger partial charge in [0.1, 0.15) is 10.7 Å². The highest BCUT2D eigenvalue weighted by Gasteiger charge is 2.22. The Morgan fingerprint density at radius 2 is 2.15 bits per heavy atom. The van der Waals surface area contributed by atoms with E-state index in [0.717, 1.165) is 36.0 Å². The number of H-pyrrole nitrogens is 1. The summed E-state index contributed by atoms with van der Waals surface area (Å²) in [4.78, 5) is 24.4. The molecule has 0 fully saturated rings. The molecule has 0 saturated heterocycles. The maximum atomic E-state index is 12.5. The summed E-state index contributed by atoms with van der Waals surface area (Å²) in [7, 11) is 0. The van der Waals surface area contributed by atoms with Crippen molar-refractivity contribution in [1.29, 1.82) is 0 Å². The molecule has 2 heterocycles. The molecule has 6 nitrogen and oxygen atoms in total. The summed E-state index contributed by atoms with van der Waals surface area (Å²) in [6, 6.07) is 0. The van der Waals surface area contributed by atoms with Gasteiger partial charge in [-0.05, 0) is 52.1 Å². The van der Waals surface area contributed by atoms with Crippen molar-refractivity contribution in [2.45, 2.75) is 65.2 Å². The van der Waals surface area contributed by atoms with E-state index in [4.69, 9.17) is 4.74 Å². The second-order valence-electron chi connectivity index (χ2n) is 7.96. The molecule has 0 amide bonds. The Balaban J connectivity index is 1.69. The first-order valence-corrected chi connectivity index (χ1v) is 10.2. The minimum absolute atomic E-state index is 0.0305. The van der Waals surface area contributed by atoms with E-state index < -0.39 is 6.10 Å². The van der Waals surface area contributed by atoms with Crippen LogP contribution in [0.15, 0.2) is 4.79 Å². The van der Waals surface area contributed by atoms with E-state index in [1.807, 2.05) is 27.7 Å². The molecule has 2 aromatic rings. The Morgan fingerprint density at radius 1 is 1.38 bits per heavy atom. The van der Waals surface area contributed by atoms with Crippen molar-refractivity contribution in [2.75, 3.05) is 19.7 Å². The molecule has 0 aromatic carbocycles. The van der Waals surface area contributed by atoms with E-state index >= 15 is 0 Å². The summed E-state index contributed by atoms with van der Waals surface area (Å²) in [5, 5.41) is 11.0. The zero-order valence-corrected chi connectivity index (χ0v) is 16.9. The first-order valence-electron chi connectivity index (χ1n) is 9.34. The Kier molecular flexibility index (Phi) is 5.81. The van der Waals surface area contributed by atoms with Gasteiger partial charge >= 0.3 is 0 Å². The van der Waals surface area contributed by atoms with Crippen molar-refractivity contribution >= 4 is 21.6 Å². The maximum absolute atomic E-state index is 12.5. The molecule has 0 saturated carbocycles. The number of fused-ring (bicyclic) bond motifs is 3. The fraction of sp³-hybridized carbons (Fsp3) is 0.684. The lowest BCUT2D eigenvalue weighted by molar-refractivity contribution is -0.0564. The van der Waals surface area contributed by atoms with Gasteiger partial charge in [-0.15, -0.1) is 11.3 Å². The Bertz CT molecular complexity index is 822. The van der Waals surface area contributed by atoms with Crippen molar-refractivity contribution in [2.24, 2.45) is 0 Å². The average Bonchev–Trinajstić information content (AvgIpc) is 3.11. The zero-order chi connectivity index (χ0) is 18.9. The van der Waals surface area contributed by atoms with Crippen LogP contribution in [-0.2, 0) is 24.1 Å². The number of nitrogens with zero attached hydrogens (tertiary/aromatic N) is 2. The van der Waals surface area contributed by atoms with E-state index in [1.54, 1.807) is 11.3 Å². The highest BCUT2D eigenvalue weighted by molar-refractivity contribution is 7.18. The number of nitrogens with one attached hydrogen (secondary N) is 1. The van der Waals surface area contributed by atoms with Crippen LogP contribution in [-0.4, -0.2) is 51.4 Å². The lowest BCUT2D eigenvalue weighted by Crippen LogP contribution is -2.37. The predicted octanol–water partition coefficient (Wildman–Crippen LogP) is 2.47. The molecule has 7 heteroatoms. The second kappa shape index (κ2) is 7.76. The first kappa shape index (κ1) is 19.5.